The van der Waals surface area contributed by atoms with Crippen LogP contribution in [0.4, 0.5) is 5.95 Å². The zero-order valence-corrected chi connectivity index (χ0v) is 8.40. The Morgan fingerprint density at radius 1 is 1.50 bits per heavy atom. The van der Waals surface area contributed by atoms with Crippen LogP contribution in [0, 0.1) is 6.92 Å². The number of carboxylic acids is 1. The number of rotatable bonds is 2. The maximum atomic E-state index is 10.9. The minimum absolute atomic E-state index is 0.106. The zero-order chi connectivity index (χ0) is 10.9. The molecular formula is C9H13N3O2. The van der Waals surface area contributed by atoms with Gasteiger partial charge in [-0.3, -0.25) is 4.79 Å². The Hall–Kier alpha value is -1.65. The summed E-state index contributed by atoms with van der Waals surface area (Å²) in [6, 6.07) is 1.63. The van der Waals surface area contributed by atoms with E-state index in [-0.39, 0.29) is 5.95 Å². The highest BCUT2D eigenvalue weighted by Crippen LogP contribution is 2.22. The number of nitrogens with zero attached hydrogens (tertiary/aromatic N) is 2. The monoisotopic (exact) mass is 195 g/mol. The molecule has 0 fully saturated rings. The van der Waals surface area contributed by atoms with Gasteiger partial charge in [-0.2, -0.15) is 0 Å². The van der Waals surface area contributed by atoms with E-state index >= 15 is 0 Å². The van der Waals surface area contributed by atoms with E-state index in [0.717, 1.165) is 0 Å². The van der Waals surface area contributed by atoms with E-state index in [4.69, 9.17) is 10.8 Å². The molecule has 0 radical (unpaired) electrons. The predicted molar refractivity (Wildman–Crippen MR) is 51.8 cm³/mol. The fraction of sp³-hybridized carbons (Fsp3) is 0.444. The first kappa shape index (κ1) is 10.4. The number of carbonyl (C=O) groups is 1. The van der Waals surface area contributed by atoms with Crippen LogP contribution in [-0.4, -0.2) is 21.0 Å². The molecule has 1 aromatic rings. The van der Waals surface area contributed by atoms with E-state index in [2.05, 4.69) is 9.97 Å². The summed E-state index contributed by atoms with van der Waals surface area (Å²) >= 11 is 0. The maximum Gasteiger partial charge on any atom is 0.315 e. The topological polar surface area (TPSA) is 89.1 Å². The molecule has 1 aromatic heterocycles. The molecule has 0 bridgehead atoms. The van der Waals surface area contributed by atoms with Crippen molar-refractivity contribution in [3.63, 3.8) is 0 Å². The number of nitrogen functional groups attached to an aromatic ring is 1. The Kier molecular flexibility index (Phi) is 2.42. The third kappa shape index (κ3) is 1.81. The molecule has 0 aliphatic carbocycles. The van der Waals surface area contributed by atoms with Crippen LogP contribution in [-0.2, 0) is 10.2 Å². The normalized spacial score (nSPS) is 11.4. The highest BCUT2D eigenvalue weighted by Gasteiger charge is 2.31. The first-order chi connectivity index (χ1) is 6.34. The molecule has 0 spiro atoms. The lowest BCUT2D eigenvalue weighted by molar-refractivity contribution is -0.142. The standard InChI is InChI=1S/C9H13N3O2/c1-5-4-6(12-8(10)11-5)9(2,3)7(13)14/h4H,1-3H3,(H,13,14)(H2,10,11,12). The number of aliphatic carboxylic acids is 1. The average molecular weight is 195 g/mol. The van der Waals surface area contributed by atoms with Crippen molar-refractivity contribution >= 4 is 11.9 Å². The molecule has 5 nitrogen and oxygen atoms in total. The highest BCUT2D eigenvalue weighted by atomic mass is 16.4. The van der Waals surface area contributed by atoms with Gasteiger partial charge in [-0.15, -0.1) is 0 Å². The molecule has 1 rings (SSSR count). The Morgan fingerprint density at radius 2 is 2.07 bits per heavy atom. The van der Waals surface area contributed by atoms with Gasteiger partial charge in [0.15, 0.2) is 0 Å². The number of hydrogen-bond donors (Lipinski definition) is 2. The Morgan fingerprint density at radius 3 is 2.50 bits per heavy atom. The van der Waals surface area contributed by atoms with Crippen LogP contribution in [0.5, 0.6) is 0 Å². The second kappa shape index (κ2) is 3.25. The van der Waals surface area contributed by atoms with Crippen molar-refractivity contribution in [1.29, 1.82) is 0 Å². The zero-order valence-electron chi connectivity index (χ0n) is 8.40. The molecule has 0 aromatic carbocycles. The van der Waals surface area contributed by atoms with Crippen LogP contribution in [0.1, 0.15) is 25.2 Å². The van der Waals surface area contributed by atoms with Gasteiger partial charge in [-0.25, -0.2) is 9.97 Å². The predicted octanol–water partition coefficient (Wildman–Crippen LogP) is 0.729. The van der Waals surface area contributed by atoms with Gasteiger partial charge in [0, 0.05) is 5.69 Å². The van der Waals surface area contributed by atoms with Crippen molar-refractivity contribution in [2.24, 2.45) is 0 Å². The van der Waals surface area contributed by atoms with Gasteiger partial charge in [0.25, 0.3) is 0 Å². The Labute approximate surface area is 82.0 Å². The van der Waals surface area contributed by atoms with E-state index in [9.17, 15) is 4.79 Å². The lowest BCUT2D eigenvalue weighted by Crippen LogP contribution is -2.30. The highest BCUT2D eigenvalue weighted by molar-refractivity contribution is 5.79. The maximum absolute atomic E-state index is 10.9. The summed E-state index contributed by atoms with van der Waals surface area (Å²) in [7, 11) is 0. The van der Waals surface area contributed by atoms with Crippen LogP contribution in [0.15, 0.2) is 6.07 Å². The average Bonchev–Trinajstić information content (AvgIpc) is 2.01. The minimum atomic E-state index is -1.04. The van der Waals surface area contributed by atoms with Crippen molar-refractivity contribution in [1.82, 2.24) is 9.97 Å². The van der Waals surface area contributed by atoms with E-state index in [1.165, 1.54) is 0 Å². The summed E-state index contributed by atoms with van der Waals surface area (Å²) in [5.41, 5.74) is 5.50. The van der Waals surface area contributed by atoms with Gasteiger partial charge in [0.05, 0.1) is 5.69 Å². The molecule has 0 unspecified atom stereocenters. The fourth-order valence-electron chi connectivity index (χ4n) is 1.02. The third-order valence-corrected chi connectivity index (χ3v) is 2.05. The van der Waals surface area contributed by atoms with Crippen molar-refractivity contribution in [2.75, 3.05) is 5.73 Å². The Balaban J connectivity index is 3.25. The van der Waals surface area contributed by atoms with Crippen LogP contribution in [0.25, 0.3) is 0 Å². The lowest BCUT2D eigenvalue weighted by Gasteiger charge is -2.18. The number of carboxylic acid groups (broad SMARTS) is 1. The lowest BCUT2D eigenvalue weighted by atomic mass is 9.89. The molecule has 0 aliphatic rings. The molecule has 3 N–H and O–H groups in total. The third-order valence-electron chi connectivity index (χ3n) is 2.05. The molecule has 5 heteroatoms. The van der Waals surface area contributed by atoms with Gasteiger partial charge >= 0.3 is 5.97 Å². The van der Waals surface area contributed by atoms with Gasteiger partial charge in [-0.05, 0) is 26.8 Å². The quantitative estimate of drug-likeness (QED) is 0.726. The second-order valence-electron chi connectivity index (χ2n) is 3.68. The minimum Gasteiger partial charge on any atom is -0.481 e. The number of hydrogen-bond acceptors (Lipinski definition) is 4. The number of nitrogens with two attached hydrogens (primary N) is 1. The summed E-state index contributed by atoms with van der Waals surface area (Å²) in [5, 5.41) is 8.98. The molecule has 0 saturated carbocycles. The van der Waals surface area contributed by atoms with Gasteiger partial charge in [-0.1, -0.05) is 0 Å². The van der Waals surface area contributed by atoms with Gasteiger partial charge in [0.2, 0.25) is 5.95 Å². The molecule has 0 amide bonds. The summed E-state index contributed by atoms with van der Waals surface area (Å²) in [6.07, 6.45) is 0. The van der Waals surface area contributed by atoms with Crippen LogP contribution >= 0.6 is 0 Å². The largest absolute Gasteiger partial charge is 0.481 e. The van der Waals surface area contributed by atoms with Gasteiger partial charge < -0.3 is 10.8 Å². The summed E-state index contributed by atoms with van der Waals surface area (Å²) in [4.78, 5) is 18.7. The van der Waals surface area contributed by atoms with Crippen molar-refractivity contribution in [3.8, 4) is 0 Å². The van der Waals surface area contributed by atoms with Crippen LogP contribution in [0.3, 0.4) is 0 Å². The molecule has 0 aliphatic heterocycles. The summed E-state index contributed by atoms with van der Waals surface area (Å²) in [6.45, 7) is 4.91. The Bertz CT molecular complexity index is 354. The van der Waals surface area contributed by atoms with E-state index < -0.39 is 11.4 Å². The molecule has 0 saturated heterocycles. The summed E-state index contributed by atoms with van der Waals surface area (Å²) < 4.78 is 0. The first-order valence-electron chi connectivity index (χ1n) is 4.19. The number of aromatic nitrogens is 2. The smallest absolute Gasteiger partial charge is 0.315 e. The SMILES string of the molecule is Cc1cc(C(C)(C)C(=O)O)nc(N)n1. The molecular weight excluding hydrogens is 182 g/mol. The van der Waals surface area contributed by atoms with E-state index in [1.807, 2.05) is 0 Å². The number of aryl methyl sites for hydroxylation is 1. The number of anilines is 1. The first-order valence-corrected chi connectivity index (χ1v) is 4.19. The summed E-state index contributed by atoms with van der Waals surface area (Å²) in [5.74, 6) is -0.829. The molecule has 76 valence electrons. The van der Waals surface area contributed by atoms with Crippen molar-refractivity contribution in [2.45, 2.75) is 26.2 Å². The van der Waals surface area contributed by atoms with Crippen LogP contribution < -0.4 is 5.73 Å². The fourth-order valence-corrected chi connectivity index (χ4v) is 1.02. The van der Waals surface area contributed by atoms with Gasteiger partial charge in [0.1, 0.15) is 5.41 Å². The molecule has 0 atom stereocenters. The molecule has 14 heavy (non-hydrogen) atoms. The molecule has 1 heterocycles. The van der Waals surface area contributed by atoms with E-state index in [0.29, 0.717) is 11.4 Å². The van der Waals surface area contributed by atoms with Crippen LogP contribution in [0.2, 0.25) is 0 Å². The van der Waals surface area contributed by atoms with Crippen molar-refractivity contribution in [3.05, 3.63) is 17.5 Å². The van der Waals surface area contributed by atoms with E-state index in [1.54, 1.807) is 26.8 Å². The van der Waals surface area contributed by atoms with Crippen molar-refractivity contribution < 1.29 is 9.90 Å². The second-order valence-corrected chi connectivity index (χ2v) is 3.68.